The fourth-order valence-electron chi connectivity index (χ4n) is 1.32. The van der Waals surface area contributed by atoms with Gasteiger partial charge in [-0.3, -0.25) is 0 Å². The first kappa shape index (κ1) is 11.2. The summed E-state index contributed by atoms with van der Waals surface area (Å²) in [6.07, 6.45) is 1.18. The fourth-order valence-corrected chi connectivity index (χ4v) is 1.32. The molecule has 4 nitrogen and oxygen atoms in total. The van der Waals surface area contributed by atoms with Gasteiger partial charge in [0.2, 0.25) is 0 Å². The van der Waals surface area contributed by atoms with Crippen molar-refractivity contribution in [1.82, 2.24) is 15.0 Å². The molecule has 1 heterocycles. The van der Waals surface area contributed by atoms with E-state index in [9.17, 15) is 5.11 Å². The van der Waals surface area contributed by atoms with Gasteiger partial charge in [0.1, 0.15) is 0 Å². The lowest BCUT2D eigenvalue weighted by atomic mass is 10.0. The van der Waals surface area contributed by atoms with Crippen LogP contribution < -0.4 is 0 Å². The van der Waals surface area contributed by atoms with E-state index in [1.54, 1.807) is 10.9 Å². The lowest BCUT2D eigenvalue weighted by Crippen LogP contribution is -2.15. The average molecular weight is 197 g/mol. The summed E-state index contributed by atoms with van der Waals surface area (Å²) < 4.78 is 1.79. The molecular weight excluding hydrogens is 178 g/mol. The molecule has 0 aromatic carbocycles. The Kier molecular flexibility index (Phi) is 3.63. The molecule has 1 aromatic rings. The van der Waals surface area contributed by atoms with Crippen molar-refractivity contribution >= 4 is 0 Å². The van der Waals surface area contributed by atoms with Crippen LogP contribution in [-0.4, -0.2) is 20.1 Å². The van der Waals surface area contributed by atoms with Crippen molar-refractivity contribution in [1.29, 1.82) is 0 Å². The van der Waals surface area contributed by atoms with E-state index in [-0.39, 0.29) is 5.92 Å². The number of nitrogens with zero attached hydrogens (tertiary/aromatic N) is 3. The van der Waals surface area contributed by atoms with Crippen LogP contribution in [-0.2, 0) is 6.54 Å². The predicted molar refractivity (Wildman–Crippen MR) is 54.7 cm³/mol. The standard InChI is InChI=1S/C10H19N3O/c1-7(2)6-13-9(5-11-12-13)10(14)8(3)4/h5,7-8,10,14H,6H2,1-4H3. The summed E-state index contributed by atoms with van der Waals surface area (Å²) in [4.78, 5) is 0. The molecule has 0 aliphatic rings. The monoisotopic (exact) mass is 197 g/mol. The minimum atomic E-state index is -0.469. The van der Waals surface area contributed by atoms with Gasteiger partial charge in [0.05, 0.1) is 18.0 Å². The zero-order chi connectivity index (χ0) is 10.7. The zero-order valence-corrected chi connectivity index (χ0v) is 9.31. The topological polar surface area (TPSA) is 50.9 Å². The van der Waals surface area contributed by atoms with E-state index in [1.165, 1.54) is 0 Å². The van der Waals surface area contributed by atoms with Gasteiger partial charge in [-0.2, -0.15) is 0 Å². The van der Waals surface area contributed by atoms with Crippen molar-refractivity contribution in [2.45, 2.75) is 40.3 Å². The van der Waals surface area contributed by atoms with Crippen LogP contribution in [0.15, 0.2) is 6.20 Å². The summed E-state index contributed by atoms with van der Waals surface area (Å²) in [5.41, 5.74) is 0.814. The van der Waals surface area contributed by atoms with Crippen LogP contribution >= 0.6 is 0 Å². The van der Waals surface area contributed by atoms with E-state index in [0.29, 0.717) is 5.92 Å². The van der Waals surface area contributed by atoms with Gasteiger partial charge in [0.25, 0.3) is 0 Å². The van der Waals surface area contributed by atoms with Crippen molar-refractivity contribution in [3.05, 3.63) is 11.9 Å². The van der Waals surface area contributed by atoms with E-state index >= 15 is 0 Å². The minimum Gasteiger partial charge on any atom is -0.386 e. The first-order valence-corrected chi connectivity index (χ1v) is 5.08. The molecule has 0 radical (unpaired) electrons. The van der Waals surface area contributed by atoms with Gasteiger partial charge < -0.3 is 5.11 Å². The Morgan fingerprint density at radius 2 is 2.00 bits per heavy atom. The van der Waals surface area contributed by atoms with Gasteiger partial charge in [-0.15, -0.1) is 5.10 Å². The first-order chi connectivity index (χ1) is 6.52. The van der Waals surface area contributed by atoms with E-state index < -0.39 is 6.10 Å². The Bertz CT molecular complexity index is 281. The molecule has 4 heteroatoms. The van der Waals surface area contributed by atoms with Crippen LogP contribution in [0.2, 0.25) is 0 Å². The molecule has 80 valence electrons. The lowest BCUT2D eigenvalue weighted by molar-refractivity contribution is 0.116. The van der Waals surface area contributed by atoms with Crippen LogP contribution in [0.4, 0.5) is 0 Å². The molecule has 0 amide bonds. The Hall–Kier alpha value is -0.900. The summed E-state index contributed by atoms with van der Waals surface area (Å²) in [6.45, 7) is 9.01. The van der Waals surface area contributed by atoms with Gasteiger partial charge in [-0.1, -0.05) is 32.9 Å². The van der Waals surface area contributed by atoms with Crippen LogP contribution in [0.1, 0.15) is 39.5 Å². The molecule has 1 unspecified atom stereocenters. The van der Waals surface area contributed by atoms with Crippen molar-refractivity contribution in [2.75, 3.05) is 0 Å². The highest BCUT2D eigenvalue weighted by Crippen LogP contribution is 2.20. The molecule has 0 saturated carbocycles. The second kappa shape index (κ2) is 4.55. The zero-order valence-electron chi connectivity index (χ0n) is 9.31. The maximum Gasteiger partial charge on any atom is 0.0995 e. The van der Waals surface area contributed by atoms with Crippen LogP contribution in [0.25, 0.3) is 0 Å². The molecule has 1 rings (SSSR count). The molecule has 1 N–H and O–H groups in total. The summed E-state index contributed by atoms with van der Waals surface area (Å²) in [6, 6.07) is 0. The predicted octanol–water partition coefficient (Wildman–Crippen LogP) is 1.62. The van der Waals surface area contributed by atoms with Gasteiger partial charge in [-0.25, -0.2) is 4.68 Å². The molecule has 0 fully saturated rings. The number of aromatic nitrogens is 3. The quantitative estimate of drug-likeness (QED) is 0.798. The van der Waals surface area contributed by atoms with E-state index in [0.717, 1.165) is 12.2 Å². The number of rotatable bonds is 4. The van der Waals surface area contributed by atoms with E-state index in [2.05, 4.69) is 24.2 Å². The number of hydrogen-bond donors (Lipinski definition) is 1. The maximum absolute atomic E-state index is 9.88. The Balaban J connectivity index is 2.81. The molecule has 1 atom stereocenters. The third kappa shape index (κ3) is 2.54. The smallest absolute Gasteiger partial charge is 0.0995 e. The summed E-state index contributed by atoms with van der Waals surface area (Å²) in [7, 11) is 0. The Labute approximate surface area is 84.9 Å². The van der Waals surface area contributed by atoms with Gasteiger partial charge in [-0.05, 0) is 11.8 Å². The number of aliphatic hydroxyl groups is 1. The minimum absolute atomic E-state index is 0.194. The summed E-state index contributed by atoms with van der Waals surface area (Å²) in [5, 5.41) is 17.7. The Morgan fingerprint density at radius 3 is 2.50 bits per heavy atom. The molecular formula is C10H19N3O. The fraction of sp³-hybridized carbons (Fsp3) is 0.800. The second-order valence-corrected chi connectivity index (χ2v) is 4.42. The molecule has 14 heavy (non-hydrogen) atoms. The third-order valence-corrected chi connectivity index (χ3v) is 2.12. The van der Waals surface area contributed by atoms with Crippen LogP contribution in [0, 0.1) is 11.8 Å². The molecule has 0 bridgehead atoms. The lowest BCUT2D eigenvalue weighted by Gasteiger charge is -2.16. The first-order valence-electron chi connectivity index (χ1n) is 5.08. The number of aliphatic hydroxyl groups excluding tert-OH is 1. The maximum atomic E-state index is 9.88. The normalized spacial score (nSPS) is 13.9. The van der Waals surface area contributed by atoms with E-state index in [4.69, 9.17) is 0 Å². The van der Waals surface area contributed by atoms with Gasteiger partial charge in [0.15, 0.2) is 0 Å². The molecule has 0 aliphatic carbocycles. The average Bonchev–Trinajstić information content (AvgIpc) is 2.49. The van der Waals surface area contributed by atoms with Crippen molar-refractivity contribution in [3.8, 4) is 0 Å². The SMILES string of the molecule is CC(C)Cn1nncc1C(O)C(C)C. The van der Waals surface area contributed by atoms with E-state index in [1.807, 2.05) is 13.8 Å². The van der Waals surface area contributed by atoms with Gasteiger partial charge in [0, 0.05) is 6.54 Å². The van der Waals surface area contributed by atoms with Crippen molar-refractivity contribution < 1.29 is 5.11 Å². The highest BCUT2D eigenvalue weighted by atomic mass is 16.3. The second-order valence-electron chi connectivity index (χ2n) is 4.42. The number of hydrogen-bond acceptors (Lipinski definition) is 3. The third-order valence-electron chi connectivity index (χ3n) is 2.12. The van der Waals surface area contributed by atoms with Crippen LogP contribution in [0.5, 0.6) is 0 Å². The van der Waals surface area contributed by atoms with Gasteiger partial charge >= 0.3 is 0 Å². The molecule has 0 aliphatic heterocycles. The highest BCUT2D eigenvalue weighted by molar-refractivity contribution is 4.99. The highest BCUT2D eigenvalue weighted by Gasteiger charge is 2.17. The largest absolute Gasteiger partial charge is 0.386 e. The van der Waals surface area contributed by atoms with Crippen LogP contribution in [0.3, 0.4) is 0 Å². The van der Waals surface area contributed by atoms with Crippen molar-refractivity contribution in [2.24, 2.45) is 11.8 Å². The molecule has 0 saturated heterocycles. The molecule has 1 aromatic heterocycles. The molecule has 0 spiro atoms. The summed E-state index contributed by atoms with van der Waals surface area (Å²) in [5.74, 6) is 0.703. The Morgan fingerprint density at radius 1 is 1.36 bits per heavy atom. The van der Waals surface area contributed by atoms with Crippen molar-refractivity contribution in [3.63, 3.8) is 0 Å². The summed E-state index contributed by atoms with van der Waals surface area (Å²) >= 11 is 0.